The second kappa shape index (κ2) is 8.43. The van der Waals surface area contributed by atoms with E-state index >= 15 is 0 Å². The topological polar surface area (TPSA) is 128 Å². The summed E-state index contributed by atoms with van der Waals surface area (Å²) in [7, 11) is 1.17. The number of nitrogens with zero attached hydrogens (tertiary/aromatic N) is 2. The fourth-order valence-electron chi connectivity index (χ4n) is 2.75. The molecule has 0 spiro atoms. The largest absolute Gasteiger partial charge is 0.472 e. The van der Waals surface area contributed by atoms with Crippen molar-refractivity contribution >= 4 is 35.2 Å². The van der Waals surface area contributed by atoms with Crippen LogP contribution < -0.4 is 15.2 Å². The first-order valence-electron chi connectivity index (χ1n) is 8.77. The van der Waals surface area contributed by atoms with Gasteiger partial charge in [-0.3, -0.25) is 25.1 Å². The molecular formula is C20H17N3O7. The highest BCUT2D eigenvalue weighted by Crippen LogP contribution is 2.30. The summed E-state index contributed by atoms with van der Waals surface area (Å²) in [6, 6.07) is 12.4. The van der Waals surface area contributed by atoms with Gasteiger partial charge in [0.1, 0.15) is 5.57 Å². The smallest absolute Gasteiger partial charge is 0.346 e. The van der Waals surface area contributed by atoms with E-state index in [1.807, 2.05) is 0 Å². The zero-order valence-corrected chi connectivity index (χ0v) is 16.0. The standard InChI is InChI=1S/C20H17N3O7/c1-12(20(26)29-2)30-17-9-8-13(11-16(17)23(27)28)10-15-18(24)21-22(19(15)25)14-6-4-3-5-7-14/h3-12H,1-2H3,(H,21,24)/b15-10-/t12-/m0/s1. The van der Waals surface area contributed by atoms with Crippen LogP contribution >= 0.6 is 0 Å². The number of benzene rings is 2. The van der Waals surface area contributed by atoms with Gasteiger partial charge in [-0.2, -0.15) is 0 Å². The van der Waals surface area contributed by atoms with Crippen molar-refractivity contribution in [2.24, 2.45) is 0 Å². The van der Waals surface area contributed by atoms with Crippen LogP contribution in [0.1, 0.15) is 12.5 Å². The van der Waals surface area contributed by atoms with E-state index in [4.69, 9.17) is 4.74 Å². The van der Waals surface area contributed by atoms with Crippen molar-refractivity contribution in [1.29, 1.82) is 0 Å². The SMILES string of the molecule is COC(=O)[C@H](C)Oc1ccc(/C=C2/C(=O)NN(c3ccccc3)C2=O)cc1[N+](=O)[O-]. The number of ether oxygens (including phenoxy) is 2. The summed E-state index contributed by atoms with van der Waals surface area (Å²) in [6.07, 6.45) is 0.195. The lowest BCUT2D eigenvalue weighted by molar-refractivity contribution is -0.386. The lowest BCUT2D eigenvalue weighted by Crippen LogP contribution is -2.35. The maximum absolute atomic E-state index is 12.6. The molecule has 10 nitrogen and oxygen atoms in total. The van der Waals surface area contributed by atoms with Crippen LogP contribution in [0.4, 0.5) is 11.4 Å². The van der Waals surface area contributed by atoms with Crippen LogP contribution in [-0.2, 0) is 19.1 Å². The van der Waals surface area contributed by atoms with E-state index in [1.54, 1.807) is 30.3 Å². The van der Waals surface area contributed by atoms with Crippen molar-refractivity contribution in [2.75, 3.05) is 12.1 Å². The molecule has 1 aliphatic heterocycles. The molecule has 0 aromatic heterocycles. The molecule has 1 N–H and O–H groups in total. The fourth-order valence-corrected chi connectivity index (χ4v) is 2.75. The van der Waals surface area contributed by atoms with Crippen LogP contribution in [0, 0.1) is 10.1 Å². The third kappa shape index (κ3) is 4.12. The van der Waals surface area contributed by atoms with Gasteiger partial charge in [0.2, 0.25) is 0 Å². The Morgan fingerprint density at radius 2 is 1.90 bits per heavy atom. The van der Waals surface area contributed by atoms with Crippen LogP contribution in [0.25, 0.3) is 6.08 Å². The summed E-state index contributed by atoms with van der Waals surface area (Å²) < 4.78 is 9.85. The van der Waals surface area contributed by atoms with E-state index in [9.17, 15) is 24.5 Å². The fraction of sp³-hybridized carbons (Fsp3) is 0.150. The molecule has 0 aliphatic carbocycles. The van der Waals surface area contributed by atoms with Crippen molar-refractivity contribution in [1.82, 2.24) is 5.43 Å². The molecule has 30 heavy (non-hydrogen) atoms. The number of nitro benzene ring substituents is 1. The maximum Gasteiger partial charge on any atom is 0.346 e. The van der Waals surface area contributed by atoms with Crippen LogP contribution in [-0.4, -0.2) is 35.9 Å². The Labute approximate surface area is 170 Å². The third-order valence-corrected chi connectivity index (χ3v) is 4.23. The third-order valence-electron chi connectivity index (χ3n) is 4.23. The van der Waals surface area contributed by atoms with Gasteiger partial charge in [-0.25, -0.2) is 9.80 Å². The van der Waals surface area contributed by atoms with E-state index < -0.39 is 34.5 Å². The molecule has 0 radical (unpaired) electrons. The Morgan fingerprint density at radius 1 is 1.20 bits per heavy atom. The number of carbonyl (C=O) groups is 3. The monoisotopic (exact) mass is 411 g/mol. The summed E-state index contributed by atoms with van der Waals surface area (Å²) in [5.41, 5.74) is 2.57. The second-order valence-electron chi connectivity index (χ2n) is 6.24. The molecular weight excluding hydrogens is 394 g/mol. The molecule has 154 valence electrons. The zero-order chi connectivity index (χ0) is 21.8. The normalized spacial score (nSPS) is 15.7. The second-order valence-corrected chi connectivity index (χ2v) is 6.24. The van der Waals surface area contributed by atoms with E-state index in [-0.39, 0.29) is 16.9 Å². The molecule has 2 aromatic carbocycles. The molecule has 1 fully saturated rings. The molecule has 2 aromatic rings. The number of rotatable bonds is 6. The van der Waals surface area contributed by atoms with Gasteiger partial charge in [0.05, 0.1) is 17.7 Å². The first kappa shape index (κ1) is 20.5. The highest BCUT2D eigenvalue weighted by atomic mass is 16.6. The van der Waals surface area contributed by atoms with Crippen molar-refractivity contribution in [3.8, 4) is 5.75 Å². The average molecular weight is 411 g/mol. The highest BCUT2D eigenvalue weighted by molar-refractivity contribution is 6.31. The molecule has 2 amide bonds. The molecule has 0 bridgehead atoms. The van der Waals surface area contributed by atoms with Crippen LogP contribution in [0.2, 0.25) is 0 Å². The number of amides is 2. The number of methoxy groups -OCH3 is 1. The number of carbonyl (C=O) groups excluding carboxylic acids is 3. The predicted octanol–water partition coefficient (Wildman–Crippen LogP) is 2.00. The van der Waals surface area contributed by atoms with E-state index in [1.165, 1.54) is 32.2 Å². The number of hydrazine groups is 1. The number of para-hydroxylation sites is 1. The van der Waals surface area contributed by atoms with Gasteiger partial charge < -0.3 is 9.47 Å². The van der Waals surface area contributed by atoms with Gasteiger partial charge in [-0.15, -0.1) is 0 Å². The van der Waals surface area contributed by atoms with Crippen LogP contribution in [0.5, 0.6) is 5.75 Å². The minimum Gasteiger partial charge on any atom is -0.472 e. The minimum atomic E-state index is -1.06. The zero-order valence-electron chi connectivity index (χ0n) is 16.0. The van der Waals surface area contributed by atoms with Crippen molar-refractivity contribution in [3.63, 3.8) is 0 Å². The molecule has 1 heterocycles. The summed E-state index contributed by atoms with van der Waals surface area (Å²) in [5, 5.41) is 12.5. The predicted molar refractivity (Wildman–Crippen MR) is 105 cm³/mol. The van der Waals surface area contributed by atoms with Crippen molar-refractivity contribution in [3.05, 3.63) is 69.8 Å². The molecule has 0 saturated carbocycles. The van der Waals surface area contributed by atoms with Gasteiger partial charge in [0, 0.05) is 6.07 Å². The lowest BCUT2D eigenvalue weighted by atomic mass is 10.1. The Hall–Kier alpha value is -4.21. The number of hydrogen-bond acceptors (Lipinski definition) is 7. The molecule has 1 aliphatic rings. The number of hydrogen-bond donors (Lipinski definition) is 1. The van der Waals surface area contributed by atoms with Crippen molar-refractivity contribution < 1.29 is 28.8 Å². The summed E-state index contributed by atoms with van der Waals surface area (Å²) in [6.45, 7) is 1.39. The van der Waals surface area contributed by atoms with Crippen LogP contribution in [0.3, 0.4) is 0 Å². The molecule has 1 saturated heterocycles. The van der Waals surface area contributed by atoms with Gasteiger partial charge in [-0.05, 0) is 36.8 Å². The molecule has 0 unspecified atom stereocenters. The van der Waals surface area contributed by atoms with Gasteiger partial charge in [0.15, 0.2) is 11.9 Å². The Kier molecular flexibility index (Phi) is 5.77. The molecule has 3 rings (SSSR count). The Morgan fingerprint density at radius 3 is 2.53 bits per heavy atom. The minimum absolute atomic E-state index is 0.145. The summed E-state index contributed by atoms with van der Waals surface area (Å²) >= 11 is 0. The number of nitrogens with one attached hydrogen (secondary N) is 1. The first-order valence-corrected chi connectivity index (χ1v) is 8.77. The van der Waals surface area contributed by atoms with E-state index in [2.05, 4.69) is 10.2 Å². The quantitative estimate of drug-likeness (QED) is 0.253. The molecule has 1 atom stereocenters. The van der Waals surface area contributed by atoms with E-state index in [0.717, 1.165) is 11.1 Å². The Bertz CT molecular complexity index is 1050. The number of anilines is 1. The summed E-state index contributed by atoms with van der Waals surface area (Å²) in [4.78, 5) is 47.1. The van der Waals surface area contributed by atoms with Crippen molar-refractivity contribution in [2.45, 2.75) is 13.0 Å². The number of nitro groups is 1. The number of esters is 1. The highest BCUT2D eigenvalue weighted by Gasteiger charge is 2.34. The van der Waals surface area contributed by atoms with Gasteiger partial charge in [-0.1, -0.05) is 24.3 Å². The van der Waals surface area contributed by atoms with E-state index in [0.29, 0.717) is 5.69 Å². The average Bonchev–Trinajstić information content (AvgIpc) is 3.02. The molecule has 10 heteroatoms. The maximum atomic E-state index is 12.6. The first-order chi connectivity index (χ1) is 14.3. The van der Waals surface area contributed by atoms with Gasteiger partial charge in [0.25, 0.3) is 11.8 Å². The van der Waals surface area contributed by atoms with Gasteiger partial charge >= 0.3 is 11.7 Å². The van der Waals surface area contributed by atoms with Crippen LogP contribution in [0.15, 0.2) is 54.1 Å². The summed E-state index contributed by atoms with van der Waals surface area (Å²) in [5.74, 6) is -2.06. The Balaban J connectivity index is 1.90. The lowest BCUT2D eigenvalue weighted by Gasteiger charge is -2.14.